The van der Waals surface area contributed by atoms with Crippen molar-refractivity contribution >= 4 is 10.0 Å². The highest BCUT2D eigenvalue weighted by Gasteiger charge is 2.34. The summed E-state index contributed by atoms with van der Waals surface area (Å²) in [6, 6.07) is 0. The van der Waals surface area contributed by atoms with Gasteiger partial charge in [-0.25, -0.2) is 13.6 Å². The van der Waals surface area contributed by atoms with Crippen molar-refractivity contribution in [2.45, 2.75) is 72.3 Å². The molecule has 0 amide bonds. The van der Waals surface area contributed by atoms with Crippen molar-refractivity contribution in [3.8, 4) is 0 Å². The molecule has 0 bridgehead atoms. The average Bonchev–Trinajstić information content (AvgIpc) is 2.34. The van der Waals surface area contributed by atoms with Crippen LogP contribution in [0.4, 0.5) is 0 Å². The molecule has 0 saturated heterocycles. The Morgan fingerprint density at radius 1 is 1.20 bits per heavy atom. The minimum atomic E-state index is -3.46. The number of ether oxygens (including phenoxy) is 1. The van der Waals surface area contributed by atoms with Crippen LogP contribution in [0.25, 0.3) is 0 Å². The highest BCUT2D eigenvalue weighted by atomic mass is 32.2. The largest absolute Gasteiger partial charge is 0.378 e. The molecule has 1 fully saturated rings. The lowest BCUT2D eigenvalue weighted by Crippen LogP contribution is -2.38. The SMILES string of the molecule is CCC(CC)(COC1CCC(C)(C)CC1)CS(N)(=O)=O. The van der Waals surface area contributed by atoms with E-state index in [2.05, 4.69) is 13.8 Å². The van der Waals surface area contributed by atoms with Gasteiger partial charge in [0.2, 0.25) is 10.0 Å². The first-order valence-corrected chi connectivity index (χ1v) is 9.45. The highest BCUT2D eigenvalue weighted by Crippen LogP contribution is 2.37. The Hall–Kier alpha value is -0.130. The van der Waals surface area contributed by atoms with Crippen molar-refractivity contribution in [3.05, 3.63) is 0 Å². The first kappa shape index (κ1) is 17.9. The number of hydrogen-bond acceptors (Lipinski definition) is 3. The summed E-state index contributed by atoms with van der Waals surface area (Å²) >= 11 is 0. The smallest absolute Gasteiger partial charge is 0.209 e. The predicted molar refractivity (Wildman–Crippen MR) is 83.0 cm³/mol. The molecule has 5 heteroatoms. The van der Waals surface area contributed by atoms with Crippen LogP contribution in [0.15, 0.2) is 0 Å². The second-order valence-corrected chi connectivity index (χ2v) is 8.80. The topological polar surface area (TPSA) is 69.4 Å². The van der Waals surface area contributed by atoms with E-state index < -0.39 is 10.0 Å². The Labute approximate surface area is 124 Å². The summed E-state index contributed by atoms with van der Waals surface area (Å²) in [6.45, 7) is 9.13. The van der Waals surface area contributed by atoms with Crippen LogP contribution in [-0.2, 0) is 14.8 Å². The summed E-state index contributed by atoms with van der Waals surface area (Å²) in [7, 11) is -3.46. The van der Waals surface area contributed by atoms with Crippen molar-refractivity contribution in [2.24, 2.45) is 16.0 Å². The monoisotopic (exact) mass is 305 g/mol. The molecule has 4 nitrogen and oxygen atoms in total. The molecular formula is C15H31NO3S. The zero-order chi connectivity index (χ0) is 15.4. The van der Waals surface area contributed by atoms with E-state index in [4.69, 9.17) is 9.88 Å². The van der Waals surface area contributed by atoms with Gasteiger partial charge in [0.25, 0.3) is 0 Å². The molecule has 0 aromatic heterocycles. The third kappa shape index (κ3) is 5.70. The fourth-order valence-corrected chi connectivity index (χ4v) is 4.31. The van der Waals surface area contributed by atoms with E-state index in [-0.39, 0.29) is 17.3 Å². The minimum Gasteiger partial charge on any atom is -0.378 e. The second kappa shape index (κ2) is 6.75. The van der Waals surface area contributed by atoms with E-state index in [1.54, 1.807) is 0 Å². The molecule has 1 aliphatic rings. The fraction of sp³-hybridized carbons (Fsp3) is 1.00. The average molecular weight is 305 g/mol. The van der Waals surface area contributed by atoms with Crippen molar-refractivity contribution in [1.82, 2.24) is 0 Å². The molecule has 0 aromatic carbocycles. The summed E-state index contributed by atoms with van der Waals surface area (Å²) in [5, 5.41) is 5.23. The van der Waals surface area contributed by atoms with Gasteiger partial charge in [-0.05, 0) is 43.9 Å². The minimum absolute atomic E-state index is 0.0191. The lowest BCUT2D eigenvalue weighted by atomic mass is 9.76. The van der Waals surface area contributed by atoms with E-state index >= 15 is 0 Å². The summed E-state index contributed by atoms with van der Waals surface area (Å²) in [5.74, 6) is 0.0191. The Balaban J connectivity index is 2.56. The zero-order valence-electron chi connectivity index (χ0n) is 13.4. The number of hydrogen-bond donors (Lipinski definition) is 1. The van der Waals surface area contributed by atoms with E-state index in [9.17, 15) is 8.42 Å². The molecule has 0 atom stereocenters. The first-order chi connectivity index (χ1) is 9.11. The van der Waals surface area contributed by atoms with Crippen LogP contribution >= 0.6 is 0 Å². The van der Waals surface area contributed by atoms with Crippen LogP contribution < -0.4 is 5.14 Å². The molecule has 0 unspecified atom stereocenters. The van der Waals surface area contributed by atoms with Crippen molar-refractivity contribution in [3.63, 3.8) is 0 Å². The Morgan fingerprint density at radius 2 is 1.70 bits per heavy atom. The van der Waals surface area contributed by atoms with Gasteiger partial charge < -0.3 is 4.74 Å². The van der Waals surface area contributed by atoms with Crippen molar-refractivity contribution in [2.75, 3.05) is 12.4 Å². The maximum atomic E-state index is 11.4. The van der Waals surface area contributed by atoms with Crippen LogP contribution in [0.2, 0.25) is 0 Å². The second-order valence-electron chi connectivity index (χ2n) is 7.19. The Morgan fingerprint density at radius 3 is 2.10 bits per heavy atom. The molecule has 1 saturated carbocycles. The zero-order valence-corrected chi connectivity index (χ0v) is 14.3. The van der Waals surface area contributed by atoms with Gasteiger partial charge in [-0.15, -0.1) is 0 Å². The molecule has 0 spiro atoms. The molecule has 20 heavy (non-hydrogen) atoms. The van der Waals surface area contributed by atoms with E-state index in [0.717, 1.165) is 25.7 Å². The third-order valence-electron chi connectivity index (χ3n) is 4.92. The molecule has 1 aliphatic carbocycles. The van der Waals surface area contributed by atoms with Gasteiger partial charge in [0, 0.05) is 5.41 Å². The van der Waals surface area contributed by atoms with Crippen molar-refractivity contribution < 1.29 is 13.2 Å². The number of primary sulfonamides is 1. The summed E-state index contributed by atoms with van der Waals surface area (Å²) in [5.41, 5.74) is 0.0909. The van der Waals surface area contributed by atoms with Crippen LogP contribution in [0, 0.1) is 10.8 Å². The van der Waals surface area contributed by atoms with E-state index in [1.165, 1.54) is 12.8 Å². The quantitative estimate of drug-likeness (QED) is 0.786. The molecule has 0 aliphatic heterocycles. The lowest BCUT2D eigenvalue weighted by molar-refractivity contribution is -0.0364. The molecular weight excluding hydrogens is 274 g/mol. The molecule has 120 valence electrons. The summed E-state index contributed by atoms with van der Waals surface area (Å²) < 4.78 is 28.9. The first-order valence-electron chi connectivity index (χ1n) is 7.73. The van der Waals surface area contributed by atoms with Crippen molar-refractivity contribution in [1.29, 1.82) is 0 Å². The van der Waals surface area contributed by atoms with E-state index in [0.29, 0.717) is 12.0 Å². The lowest BCUT2D eigenvalue weighted by Gasteiger charge is -2.37. The van der Waals surface area contributed by atoms with Gasteiger partial charge in [0.15, 0.2) is 0 Å². The van der Waals surface area contributed by atoms with Crippen LogP contribution in [0.3, 0.4) is 0 Å². The van der Waals surface area contributed by atoms with Crippen LogP contribution in [-0.4, -0.2) is 26.9 Å². The number of sulfonamides is 1. The van der Waals surface area contributed by atoms with Crippen LogP contribution in [0.1, 0.15) is 66.2 Å². The number of rotatable bonds is 7. The fourth-order valence-electron chi connectivity index (χ4n) is 2.96. The Kier molecular flexibility index (Phi) is 6.05. The highest BCUT2D eigenvalue weighted by molar-refractivity contribution is 7.89. The normalized spacial score (nSPS) is 21.1. The van der Waals surface area contributed by atoms with Gasteiger partial charge in [0.1, 0.15) is 0 Å². The molecule has 2 N–H and O–H groups in total. The van der Waals surface area contributed by atoms with Gasteiger partial charge in [-0.1, -0.05) is 27.7 Å². The number of nitrogens with two attached hydrogens (primary N) is 1. The van der Waals surface area contributed by atoms with Gasteiger partial charge in [-0.3, -0.25) is 0 Å². The Bertz CT molecular complexity index is 389. The predicted octanol–water partition coefficient (Wildman–Crippen LogP) is 3.07. The molecule has 0 heterocycles. The maximum absolute atomic E-state index is 11.4. The summed E-state index contributed by atoms with van der Waals surface area (Å²) in [6.07, 6.45) is 6.34. The molecule has 0 radical (unpaired) electrons. The summed E-state index contributed by atoms with van der Waals surface area (Å²) in [4.78, 5) is 0. The van der Waals surface area contributed by atoms with Gasteiger partial charge in [0.05, 0.1) is 18.5 Å². The molecule has 1 rings (SSSR count). The standard InChI is InChI=1S/C15H31NO3S/c1-5-15(6-2,12-20(16,17)18)11-19-13-7-9-14(3,4)10-8-13/h13H,5-12H2,1-4H3,(H2,16,17,18). The van der Waals surface area contributed by atoms with Gasteiger partial charge in [-0.2, -0.15) is 0 Å². The van der Waals surface area contributed by atoms with Crippen LogP contribution in [0.5, 0.6) is 0 Å². The third-order valence-corrected chi connectivity index (χ3v) is 5.93. The van der Waals surface area contributed by atoms with E-state index in [1.807, 2.05) is 13.8 Å². The molecule has 0 aromatic rings. The van der Waals surface area contributed by atoms with Gasteiger partial charge >= 0.3 is 0 Å². The maximum Gasteiger partial charge on any atom is 0.209 e.